The Morgan fingerprint density at radius 1 is 1.11 bits per heavy atom. The van der Waals surface area contributed by atoms with E-state index < -0.39 is 0 Å². The van der Waals surface area contributed by atoms with Gasteiger partial charge in [0.15, 0.2) is 5.11 Å². The van der Waals surface area contributed by atoms with Crippen molar-refractivity contribution in [2.24, 2.45) is 0 Å². The molecule has 28 heavy (non-hydrogen) atoms. The minimum atomic E-state index is 0.00751. The van der Waals surface area contributed by atoms with Crippen LogP contribution in [0, 0.1) is 20.8 Å². The van der Waals surface area contributed by atoms with Crippen LogP contribution in [-0.2, 0) is 0 Å². The van der Waals surface area contributed by atoms with Crippen LogP contribution in [0.3, 0.4) is 0 Å². The summed E-state index contributed by atoms with van der Waals surface area (Å²) in [6.07, 6.45) is 1.83. The zero-order valence-electron chi connectivity index (χ0n) is 16.4. The third-order valence-electron chi connectivity index (χ3n) is 5.61. The van der Waals surface area contributed by atoms with Gasteiger partial charge in [-0.1, -0.05) is 23.7 Å². The average Bonchev–Trinajstić information content (AvgIpc) is 3.14. The fourth-order valence-corrected chi connectivity index (χ4v) is 4.55. The Balaban J connectivity index is 1.85. The Kier molecular flexibility index (Phi) is 4.89. The summed E-state index contributed by atoms with van der Waals surface area (Å²) in [7, 11) is 2.04. The SMILES string of the molecule is Cc1c(Cl)cccc1-n1c(C)cc([C@H]2[C@@H](c3ccccn3)NC(=S)N2C)c1C. The van der Waals surface area contributed by atoms with E-state index in [1.54, 1.807) is 0 Å². The van der Waals surface area contributed by atoms with Crippen molar-refractivity contribution < 1.29 is 0 Å². The fourth-order valence-electron chi connectivity index (χ4n) is 4.14. The fraction of sp³-hybridized carbons (Fsp3) is 0.273. The second-order valence-corrected chi connectivity index (χ2v) is 8.08. The number of aryl methyl sites for hydroxylation is 1. The highest BCUT2D eigenvalue weighted by atomic mass is 35.5. The minimum Gasteiger partial charge on any atom is -0.352 e. The van der Waals surface area contributed by atoms with Gasteiger partial charge in [0.1, 0.15) is 0 Å². The van der Waals surface area contributed by atoms with Crippen molar-refractivity contribution in [2.45, 2.75) is 32.9 Å². The van der Waals surface area contributed by atoms with E-state index in [1.807, 2.05) is 43.6 Å². The quantitative estimate of drug-likeness (QED) is 0.612. The van der Waals surface area contributed by atoms with Gasteiger partial charge >= 0.3 is 0 Å². The lowest BCUT2D eigenvalue weighted by molar-refractivity contribution is 0.367. The van der Waals surface area contributed by atoms with Gasteiger partial charge in [0.05, 0.1) is 17.8 Å². The molecule has 0 bridgehead atoms. The van der Waals surface area contributed by atoms with E-state index >= 15 is 0 Å². The molecule has 0 amide bonds. The number of hydrogen-bond acceptors (Lipinski definition) is 2. The molecule has 1 aliphatic heterocycles. The Bertz CT molecular complexity index is 1040. The van der Waals surface area contributed by atoms with Crippen molar-refractivity contribution in [3.05, 3.63) is 81.9 Å². The second kappa shape index (κ2) is 7.22. The maximum atomic E-state index is 6.39. The Hall–Kier alpha value is -2.37. The van der Waals surface area contributed by atoms with Gasteiger partial charge in [0.25, 0.3) is 0 Å². The van der Waals surface area contributed by atoms with Gasteiger partial charge in [0.2, 0.25) is 0 Å². The maximum absolute atomic E-state index is 6.39. The number of rotatable bonds is 3. The molecule has 4 rings (SSSR count). The van der Waals surface area contributed by atoms with Gasteiger partial charge in [0, 0.05) is 35.3 Å². The molecule has 0 radical (unpaired) electrons. The van der Waals surface area contributed by atoms with E-state index in [2.05, 4.69) is 52.7 Å². The van der Waals surface area contributed by atoms with Gasteiger partial charge in [-0.2, -0.15) is 0 Å². The molecule has 1 N–H and O–H groups in total. The molecule has 6 heteroatoms. The molecular formula is C22H23ClN4S. The molecule has 1 fully saturated rings. The topological polar surface area (TPSA) is 33.1 Å². The van der Waals surface area contributed by atoms with Crippen LogP contribution in [0.4, 0.5) is 0 Å². The third kappa shape index (κ3) is 2.99. The monoisotopic (exact) mass is 410 g/mol. The van der Waals surface area contributed by atoms with Crippen molar-refractivity contribution in [3.63, 3.8) is 0 Å². The summed E-state index contributed by atoms with van der Waals surface area (Å²) in [6.45, 7) is 6.35. The number of likely N-dealkylation sites (N-methyl/N-ethyl adjacent to an activating group) is 1. The van der Waals surface area contributed by atoms with Crippen LogP contribution in [0.2, 0.25) is 5.02 Å². The standard InChI is InChI=1S/C22H23ClN4S/c1-13-12-16(15(3)27(13)19-10-7-8-17(23)14(19)2)21-20(25-22(28)26(21)4)18-9-5-6-11-24-18/h5-12,20-21H,1-4H3,(H,25,28)/t20-,21+/m1/s1. The number of hydrogen-bond donors (Lipinski definition) is 1. The molecule has 4 nitrogen and oxygen atoms in total. The number of pyridine rings is 1. The molecule has 0 unspecified atom stereocenters. The smallest absolute Gasteiger partial charge is 0.169 e. The molecule has 1 aliphatic rings. The summed E-state index contributed by atoms with van der Waals surface area (Å²) in [5.41, 5.74) is 6.77. The van der Waals surface area contributed by atoms with E-state index in [4.69, 9.17) is 23.8 Å². The van der Waals surface area contributed by atoms with Crippen molar-refractivity contribution in [1.82, 2.24) is 19.8 Å². The molecule has 1 saturated heterocycles. The molecule has 0 spiro atoms. The normalized spacial score (nSPS) is 19.2. The molecule has 3 heterocycles. The Morgan fingerprint density at radius 3 is 2.61 bits per heavy atom. The molecule has 2 atom stereocenters. The van der Waals surface area contributed by atoms with E-state index in [0.717, 1.165) is 27.1 Å². The molecule has 2 aromatic heterocycles. The Morgan fingerprint density at radius 2 is 1.89 bits per heavy atom. The highest BCUT2D eigenvalue weighted by molar-refractivity contribution is 7.80. The third-order valence-corrected chi connectivity index (χ3v) is 6.42. The first kappa shape index (κ1) is 19.0. The van der Waals surface area contributed by atoms with Gasteiger partial charge < -0.3 is 14.8 Å². The summed E-state index contributed by atoms with van der Waals surface area (Å²) in [5.74, 6) is 0. The lowest BCUT2D eigenvalue weighted by Gasteiger charge is -2.24. The number of aromatic nitrogens is 2. The van der Waals surface area contributed by atoms with Gasteiger partial charge in [-0.15, -0.1) is 0 Å². The minimum absolute atomic E-state index is 0.00751. The molecular weight excluding hydrogens is 388 g/mol. The van der Waals surface area contributed by atoms with Crippen molar-refractivity contribution in [1.29, 1.82) is 0 Å². The van der Waals surface area contributed by atoms with E-state index in [1.165, 1.54) is 17.0 Å². The largest absolute Gasteiger partial charge is 0.352 e. The molecule has 144 valence electrons. The molecule has 1 aromatic carbocycles. The van der Waals surface area contributed by atoms with Crippen molar-refractivity contribution >= 4 is 28.9 Å². The highest BCUT2D eigenvalue weighted by Gasteiger charge is 2.39. The first-order chi connectivity index (χ1) is 13.4. The first-order valence-electron chi connectivity index (χ1n) is 9.28. The summed E-state index contributed by atoms with van der Waals surface area (Å²) in [5, 5.41) is 4.97. The average molecular weight is 411 g/mol. The number of benzene rings is 1. The Labute approximate surface area is 176 Å². The van der Waals surface area contributed by atoms with Crippen LogP contribution < -0.4 is 5.32 Å². The number of thiocarbonyl (C=S) groups is 1. The van der Waals surface area contributed by atoms with Gasteiger partial charge in [-0.3, -0.25) is 4.98 Å². The summed E-state index contributed by atoms with van der Waals surface area (Å²) in [4.78, 5) is 6.71. The van der Waals surface area contributed by atoms with Crippen LogP contribution >= 0.6 is 23.8 Å². The highest BCUT2D eigenvalue weighted by Crippen LogP contribution is 2.40. The maximum Gasteiger partial charge on any atom is 0.169 e. The van der Waals surface area contributed by atoms with Gasteiger partial charge in [-0.05, 0) is 74.4 Å². The van der Waals surface area contributed by atoms with Crippen LogP contribution in [0.25, 0.3) is 5.69 Å². The van der Waals surface area contributed by atoms with Crippen LogP contribution in [0.5, 0.6) is 0 Å². The van der Waals surface area contributed by atoms with Crippen molar-refractivity contribution in [3.8, 4) is 5.69 Å². The van der Waals surface area contributed by atoms with Crippen LogP contribution in [0.15, 0.2) is 48.7 Å². The molecule has 0 aliphatic carbocycles. The lowest BCUT2D eigenvalue weighted by atomic mass is 9.97. The lowest BCUT2D eigenvalue weighted by Crippen LogP contribution is -2.25. The van der Waals surface area contributed by atoms with E-state index in [9.17, 15) is 0 Å². The van der Waals surface area contributed by atoms with E-state index in [-0.39, 0.29) is 12.1 Å². The van der Waals surface area contributed by atoms with Gasteiger partial charge in [-0.25, -0.2) is 0 Å². The van der Waals surface area contributed by atoms with Crippen LogP contribution in [-0.4, -0.2) is 26.6 Å². The predicted molar refractivity (Wildman–Crippen MR) is 118 cm³/mol. The first-order valence-corrected chi connectivity index (χ1v) is 10.1. The second-order valence-electron chi connectivity index (χ2n) is 7.28. The zero-order valence-corrected chi connectivity index (χ0v) is 18.0. The number of halogens is 1. The van der Waals surface area contributed by atoms with Crippen LogP contribution in [0.1, 0.15) is 40.3 Å². The zero-order chi connectivity index (χ0) is 20.0. The predicted octanol–water partition coefficient (Wildman–Crippen LogP) is 5.05. The van der Waals surface area contributed by atoms with Crippen molar-refractivity contribution in [2.75, 3.05) is 7.05 Å². The molecule has 3 aromatic rings. The number of nitrogens with one attached hydrogen (secondary N) is 1. The summed E-state index contributed by atoms with van der Waals surface area (Å²) < 4.78 is 2.28. The van der Waals surface area contributed by atoms with E-state index in [0.29, 0.717) is 0 Å². The summed E-state index contributed by atoms with van der Waals surface area (Å²) >= 11 is 12.0. The number of nitrogens with zero attached hydrogens (tertiary/aromatic N) is 3. The molecule has 0 saturated carbocycles. The summed E-state index contributed by atoms with van der Waals surface area (Å²) in [6, 6.07) is 14.4.